The molecule has 0 radical (unpaired) electrons. The Bertz CT molecular complexity index is 265. The maximum Gasteiger partial charge on any atom is 0.150 e. The third-order valence-corrected chi connectivity index (χ3v) is 4.27. The molecule has 6 nitrogen and oxygen atoms in total. The fraction of sp³-hybridized carbons (Fsp3) is 1.00. The van der Waals surface area contributed by atoms with Gasteiger partial charge >= 0.3 is 0 Å². The van der Waals surface area contributed by atoms with Crippen LogP contribution >= 0.6 is 0 Å². The monoisotopic (exact) mass is 255 g/mol. The van der Waals surface area contributed by atoms with Crippen molar-refractivity contribution < 1.29 is 23.7 Å². The second-order valence-electron chi connectivity index (χ2n) is 3.77. The summed E-state index contributed by atoms with van der Waals surface area (Å²) >= 11 is 0. The van der Waals surface area contributed by atoms with E-state index < -0.39 is 35.2 Å². The van der Waals surface area contributed by atoms with E-state index in [4.69, 9.17) is 15.3 Å². The summed E-state index contributed by atoms with van der Waals surface area (Å²) in [6.07, 6.45) is 0.387. The van der Waals surface area contributed by atoms with Gasteiger partial charge in [-0.05, 0) is 13.0 Å². The largest absolute Gasteiger partial charge is 0.394 e. The Morgan fingerprint density at radius 3 is 2.00 bits per heavy atom. The van der Waals surface area contributed by atoms with Crippen LogP contribution in [-0.4, -0.2) is 67.1 Å². The lowest BCUT2D eigenvalue weighted by Gasteiger charge is -2.28. The van der Waals surface area contributed by atoms with Crippen LogP contribution in [0.4, 0.5) is 0 Å². The van der Waals surface area contributed by atoms with Crippen LogP contribution < -0.4 is 5.32 Å². The third kappa shape index (κ3) is 5.22. The van der Waals surface area contributed by atoms with E-state index in [9.17, 15) is 8.42 Å². The predicted molar refractivity (Wildman–Crippen MR) is 60.9 cm³/mol. The lowest BCUT2D eigenvalue weighted by Crippen LogP contribution is -2.55. The average Bonchev–Trinajstić information content (AvgIpc) is 2.30. The quantitative estimate of drug-likeness (QED) is 0.359. The van der Waals surface area contributed by atoms with Crippen molar-refractivity contribution in [2.45, 2.75) is 18.9 Å². The van der Waals surface area contributed by atoms with Crippen LogP contribution in [0.1, 0.15) is 13.3 Å². The van der Waals surface area contributed by atoms with E-state index in [1.807, 2.05) is 0 Å². The second-order valence-corrected chi connectivity index (χ2v) is 6.24. The van der Waals surface area contributed by atoms with Crippen molar-refractivity contribution in [1.29, 1.82) is 0 Å². The molecule has 0 amide bonds. The molecule has 0 aromatic rings. The minimum Gasteiger partial charge on any atom is -0.394 e. The van der Waals surface area contributed by atoms with Crippen molar-refractivity contribution in [3.63, 3.8) is 0 Å². The number of hydrogen-bond acceptors (Lipinski definition) is 6. The minimum atomic E-state index is -2.98. The first-order valence-electron chi connectivity index (χ1n) is 5.23. The summed E-state index contributed by atoms with van der Waals surface area (Å²) in [5.41, 5.74) is -1.13. The number of hydrogen-bond donors (Lipinski definition) is 4. The van der Waals surface area contributed by atoms with Crippen LogP contribution in [0.2, 0.25) is 0 Å². The molecule has 0 fully saturated rings. The van der Waals surface area contributed by atoms with E-state index in [1.165, 1.54) is 0 Å². The van der Waals surface area contributed by atoms with Gasteiger partial charge in [-0.25, -0.2) is 8.42 Å². The zero-order valence-electron chi connectivity index (χ0n) is 9.52. The molecule has 98 valence electrons. The Labute approximate surface area is 96.2 Å². The molecule has 0 aliphatic heterocycles. The standard InChI is InChI=1S/C9H21NO5S/c1-2-16(14,15)5-3-4-10-9(6-11,7-12)8-13/h10-13H,2-8H2,1H3. The molecule has 0 saturated heterocycles. The molecule has 0 heterocycles. The molecule has 0 aliphatic rings. The molecular formula is C9H21NO5S. The van der Waals surface area contributed by atoms with Gasteiger partial charge in [0.2, 0.25) is 0 Å². The van der Waals surface area contributed by atoms with E-state index in [2.05, 4.69) is 5.32 Å². The first kappa shape index (κ1) is 15.8. The zero-order valence-corrected chi connectivity index (χ0v) is 10.3. The van der Waals surface area contributed by atoms with E-state index in [0.717, 1.165) is 0 Å². The highest BCUT2D eigenvalue weighted by Gasteiger charge is 2.26. The smallest absolute Gasteiger partial charge is 0.150 e. The fourth-order valence-corrected chi connectivity index (χ4v) is 1.98. The Hall–Kier alpha value is -0.210. The van der Waals surface area contributed by atoms with E-state index in [1.54, 1.807) is 6.92 Å². The molecule has 7 heteroatoms. The zero-order chi connectivity index (χ0) is 12.7. The molecule has 0 aliphatic carbocycles. The molecule has 0 rings (SSSR count). The van der Waals surface area contributed by atoms with Gasteiger partial charge < -0.3 is 20.6 Å². The third-order valence-electron chi connectivity index (χ3n) is 2.48. The molecule has 0 spiro atoms. The minimum absolute atomic E-state index is 0.0644. The van der Waals surface area contributed by atoms with Crippen LogP contribution in [0.3, 0.4) is 0 Å². The predicted octanol–water partition coefficient (Wildman–Crippen LogP) is -1.88. The van der Waals surface area contributed by atoms with Crippen LogP contribution in [0, 0.1) is 0 Å². The van der Waals surface area contributed by atoms with Crippen molar-refractivity contribution in [2.75, 3.05) is 37.9 Å². The molecule has 4 N–H and O–H groups in total. The maximum absolute atomic E-state index is 11.2. The first-order chi connectivity index (χ1) is 7.45. The van der Waals surface area contributed by atoms with Gasteiger partial charge in [-0.2, -0.15) is 0 Å². The van der Waals surface area contributed by atoms with Crippen molar-refractivity contribution in [2.24, 2.45) is 0 Å². The highest BCUT2D eigenvalue weighted by atomic mass is 32.2. The molecule has 0 saturated carbocycles. The van der Waals surface area contributed by atoms with Crippen LogP contribution in [0.15, 0.2) is 0 Å². The number of aliphatic hydroxyl groups excluding tert-OH is 3. The van der Waals surface area contributed by atoms with Crippen molar-refractivity contribution in [1.82, 2.24) is 5.32 Å². The number of aliphatic hydroxyl groups is 3. The van der Waals surface area contributed by atoms with Crippen molar-refractivity contribution >= 4 is 9.84 Å². The van der Waals surface area contributed by atoms with E-state index in [-0.39, 0.29) is 11.5 Å². The van der Waals surface area contributed by atoms with E-state index >= 15 is 0 Å². The van der Waals surface area contributed by atoms with Gasteiger partial charge in [-0.3, -0.25) is 0 Å². The number of sulfone groups is 1. The van der Waals surface area contributed by atoms with Gasteiger partial charge in [-0.1, -0.05) is 6.92 Å². The Balaban J connectivity index is 3.97. The highest BCUT2D eigenvalue weighted by molar-refractivity contribution is 7.91. The summed E-state index contributed by atoms with van der Waals surface area (Å²) in [5, 5.41) is 29.7. The lowest BCUT2D eigenvalue weighted by atomic mass is 10.0. The summed E-state index contributed by atoms with van der Waals surface area (Å²) in [4.78, 5) is 0. The molecular weight excluding hydrogens is 234 g/mol. The molecule has 0 aromatic carbocycles. The molecule has 0 aromatic heterocycles. The topological polar surface area (TPSA) is 107 Å². The van der Waals surface area contributed by atoms with E-state index in [0.29, 0.717) is 13.0 Å². The molecule has 0 bridgehead atoms. The molecule has 16 heavy (non-hydrogen) atoms. The van der Waals surface area contributed by atoms with Gasteiger partial charge in [0.05, 0.1) is 31.1 Å². The van der Waals surface area contributed by atoms with Crippen LogP contribution in [0.5, 0.6) is 0 Å². The summed E-state index contributed by atoms with van der Waals surface area (Å²) < 4.78 is 22.3. The summed E-state index contributed by atoms with van der Waals surface area (Å²) in [6, 6.07) is 0. The normalized spacial score (nSPS) is 13.0. The highest BCUT2D eigenvalue weighted by Crippen LogP contribution is 2.02. The fourth-order valence-electron chi connectivity index (χ4n) is 1.11. The Morgan fingerprint density at radius 2 is 1.62 bits per heavy atom. The maximum atomic E-state index is 11.2. The Morgan fingerprint density at radius 1 is 1.12 bits per heavy atom. The van der Waals surface area contributed by atoms with Gasteiger partial charge in [0.15, 0.2) is 0 Å². The van der Waals surface area contributed by atoms with Crippen molar-refractivity contribution in [3.05, 3.63) is 0 Å². The molecule has 0 unspecified atom stereocenters. The lowest BCUT2D eigenvalue weighted by molar-refractivity contribution is 0.0429. The summed E-state index contributed by atoms with van der Waals surface area (Å²) in [5.74, 6) is 0.174. The molecule has 0 atom stereocenters. The van der Waals surface area contributed by atoms with Crippen molar-refractivity contribution in [3.8, 4) is 0 Å². The van der Waals surface area contributed by atoms with Crippen LogP contribution in [0.25, 0.3) is 0 Å². The van der Waals surface area contributed by atoms with Gasteiger partial charge in [0, 0.05) is 5.75 Å². The SMILES string of the molecule is CCS(=O)(=O)CCCNC(CO)(CO)CO. The first-order valence-corrected chi connectivity index (χ1v) is 7.05. The van der Waals surface area contributed by atoms with Gasteiger partial charge in [0.1, 0.15) is 9.84 Å². The number of rotatable bonds is 9. The van der Waals surface area contributed by atoms with Crippen LogP contribution in [-0.2, 0) is 9.84 Å². The van der Waals surface area contributed by atoms with Gasteiger partial charge in [0.25, 0.3) is 0 Å². The Kier molecular flexibility index (Phi) is 7.09. The number of nitrogens with one attached hydrogen (secondary N) is 1. The van der Waals surface area contributed by atoms with Gasteiger partial charge in [-0.15, -0.1) is 0 Å². The summed E-state index contributed by atoms with van der Waals surface area (Å²) in [6.45, 7) is 0.699. The average molecular weight is 255 g/mol. The second kappa shape index (κ2) is 7.18. The summed E-state index contributed by atoms with van der Waals surface area (Å²) in [7, 11) is -2.98.